The minimum absolute atomic E-state index is 0.0675. The molecule has 0 bridgehead atoms. The molecular formula is C28H34Cl2N2O5S. The molecule has 10 heteroatoms. The van der Waals surface area contributed by atoms with Crippen molar-refractivity contribution in [1.29, 1.82) is 0 Å². The van der Waals surface area contributed by atoms with Crippen LogP contribution in [-0.2, 0) is 19.6 Å². The average Bonchev–Trinajstić information content (AvgIpc) is 3.66. The number of likely N-dealkylation sites (tertiary alicyclic amines) is 1. The van der Waals surface area contributed by atoms with E-state index < -0.39 is 33.5 Å². The summed E-state index contributed by atoms with van der Waals surface area (Å²) < 4.78 is 27.0. The molecule has 1 aliphatic carbocycles. The minimum atomic E-state index is -3.50. The third kappa shape index (κ3) is 6.19. The molecule has 4 rings (SSSR count). The molecule has 1 saturated heterocycles. The van der Waals surface area contributed by atoms with E-state index in [1.54, 1.807) is 30.0 Å². The largest absolute Gasteiger partial charge is 0.481 e. The smallest absolute Gasteiger partial charge is 0.304 e. The van der Waals surface area contributed by atoms with Crippen LogP contribution in [0.1, 0.15) is 69.0 Å². The van der Waals surface area contributed by atoms with Crippen molar-refractivity contribution in [3.05, 3.63) is 69.7 Å². The zero-order valence-corrected chi connectivity index (χ0v) is 24.1. The Balaban J connectivity index is 1.89. The lowest BCUT2D eigenvalue weighted by atomic mass is 9.67. The summed E-state index contributed by atoms with van der Waals surface area (Å²) in [7, 11) is -3.50. The molecule has 1 aliphatic heterocycles. The Kier molecular flexibility index (Phi) is 8.48. The number of halogens is 2. The number of carboxylic acids is 1. The first-order valence-corrected chi connectivity index (χ1v) is 15.5. The van der Waals surface area contributed by atoms with Gasteiger partial charge >= 0.3 is 5.97 Å². The van der Waals surface area contributed by atoms with E-state index in [0.29, 0.717) is 22.9 Å². The van der Waals surface area contributed by atoms with Crippen molar-refractivity contribution in [2.75, 3.05) is 12.8 Å². The second-order valence-corrected chi connectivity index (χ2v) is 13.6. The van der Waals surface area contributed by atoms with Crippen molar-refractivity contribution < 1.29 is 23.1 Å². The van der Waals surface area contributed by atoms with E-state index in [1.165, 1.54) is 10.6 Å². The van der Waals surface area contributed by atoms with Gasteiger partial charge in [-0.3, -0.25) is 9.59 Å². The second kappa shape index (κ2) is 11.2. The molecule has 7 nitrogen and oxygen atoms in total. The Morgan fingerprint density at radius 2 is 1.79 bits per heavy atom. The summed E-state index contributed by atoms with van der Waals surface area (Å²) >= 11 is 12.6. The fourth-order valence-corrected chi connectivity index (χ4v) is 7.34. The fourth-order valence-electron chi connectivity index (χ4n) is 5.82. The van der Waals surface area contributed by atoms with E-state index in [1.807, 2.05) is 37.3 Å². The molecule has 2 aliphatic rings. The van der Waals surface area contributed by atoms with E-state index in [2.05, 4.69) is 0 Å². The predicted molar refractivity (Wildman–Crippen MR) is 149 cm³/mol. The zero-order chi connectivity index (χ0) is 27.8. The average molecular weight is 582 g/mol. The molecular weight excluding hydrogens is 547 g/mol. The Morgan fingerprint density at radius 3 is 2.32 bits per heavy atom. The molecule has 4 atom stereocenters. The molecule has 1 heterocycles. The molecule has 1 N–H and O–H groups in total. The first-order valence-electron chi connectivity index (χ1n) is 12.9. The highest BCUT2D eigenvalue weighted by molar-refractivity contribution is 7.88. The van der Waals surface area contributed by atoms with Crippen LogP contribution < -0.4 is 0 Å². The van der Waals surface area contributed by atoms with Crippen molar-refractivity contribution in [3.8, 4) is 0 Å². The van der Waals surface area contributed by atoms with Crippen LogP contribution in [0, 0.1) is 5.41 Å². The molecule has 0 spiro atoms. The molecule has 206 valence electrons. The zero-order valence-electron chi connectivity index (χ0n) is 21.8. The highest BCUT2D eigenvalue weighted by Crippen LogP contribution is 2.52. The molecule has 2 aromatic rings. The lowest BCUT2D eigenvalue weighted by Crippen LogP contribution is -2.58. The molecule has 2 fully saturated rings. The number of hydrogen-bond donors (Lipinski definition) is 1. The SMILES string of the molecule is CCC(CN(C1CC1)S(C)(=O)=O)N1C(=O)C(C)(CC(=O)O)CC(c2cccc(Cl)c2)C1c1ccc(Cl)cc1. The number of rotatable bonds is 10. The molecule has 0 aromatic heterocycles. The summed E-state index contributed by atoms with van der Waals surface area (Å²) in [4.78, 5) is 28.1. The number of hydrogen-bond acceptors (Lipinski definition) is 4. The van der Waals surface area contributed by atoms with Gasteiger partial charge in [-0.25, -0.2) is 8.42 Å². The number of nitrogens with zero attached hydrogens (tertiary/aromatic N) is 2. The third-order valence-electron chi connectivity index (χ3n) is 7.77. The van der Waals surface area contributed by atoms with Crippen LogP contribution >= 0.6 is 23.2 Å². The van der Waals surface area contributed by atoms with Crippen molar-refractivity contribution in [3.63, 3.8) is 0 Å². The van der Waals surface area contributed by atoms with Crippen LogP contribution in [0.5, 0.6) is 0 Å². The van der Waals surface area contributed by atoms with Crippen LogP contribution in [0.3, 0.4) is 0 Å². The number of sulfonamides is 1. The first kappa shape index (κ1) is 28.9. The third-order valence-corrected chi connectivity index (χ3v) is 9.55. The van der Waals surface area contributed by atoms with E-state index in [4.69, 9.17) is 23.2 Å². The van der Waals surface area contributed by atoms with Crippen molar-refractivity contribution in [1.82, 2.24) is 9.21 Å². The van der Waals surface area contributed by atoms with Gasteiger partial charge in [-0.05, 0) is 61.1 Å². The molecule has 38 heavy (non-hydrogen) atoms. The summed E-state index contributed by atoms with van der Waals surface area (Å²) in [6.45, 7) is 3.79. The number of piperidine rings is 1. The molecule has 1 amide bonds. The predicted octanol–water partition coefficient (Wildman–Crippen LogP) is 5.73. The standard InChI is InChI=1S/C28H34Cl2N2O5S/c1-4-22(17-31(23-12-13-23)38(3,36)37)32-26(18-8-10-20(29)11-9-18)24(19-6-5-7-21(30)14-19)15-28(2,27(32)35)16-25(33)34/h5-11,14,22-24,26H,4,12-13,15-17H2,1-3H3,(H,33,34). The summed E-state index contributed by atoms with van der Waals surface area (Å²) in [5.41, 5.74) is 0.550. The van der Waals surface area contributed by atoms with Gasteiger partial charge in [0.05, 0.1) is 24.1 Å². The second-order valence-electron chi connectivity index (χ2n) is 10.8. The number of aliphatic carboxylic acids is 1. The van der Waals surface area contributed by atoms with Gasteiger partial charge in [0.2, 0.25) is 15.9 Å². The molecule has 1 saturated carbocycles. The quantitative estimate of drug-likeness (QED) is 0.387. The Labute approximate surface area is 234 Å². The van der Waals surface area contributed by atoms with E-state index in [9.17, 15) is 23.1 Å². The van der Waals surface area contributed by atoms with Gasteiger partial charge in [0.25, 0.3) is 0 Å². The summed E-state index contributed by atoms with van der Waals surface area (Å²) in [5.74, 6) is -1.62. The Hall–Kier alpha value is -2.13. The fraction of sp³-hybridized carbons (Fsp3) is 0.500. The lowest BCUT2D eigenvalue weighted by molar-refractivity contribution is -0.160. The van der Waals surface area contributed by atoms with E-state index in [-0.39, 0.29) is 30.8 Å². The number of carboxylic acid groups (broad SMARTS) is 1. The van der Waals surface area contributed by atoms with Gasteiger partial charge in [0.1, 0.15) is 0 Å². The van der Waals surface area contributed by atoms with E-state index in [0.717, 1.165) is 24.0 Å². The maximum absolute atomic E-state index is 14.3. The number of benzene rings is 2. The molecule has 4 unspecified atom stereocenters. The highest BCUT2D eigenvalue weighted by Gasteiger charge is 2.53. The first-order chi connectivity index (χ1) is 17.8. The van der Waals surface area contributed by atoms with Gasteiger partial charge < -0.3 is 10.0 Å². The highest BCUT2D eigenvalue weighted by atomic mass is 35.5. The number of carbonyl (C=O) groups is 2. The maximum atomic E-state index is 14.3. The Bertz CT molecular complexity index is 1300. The summed E-state index contributed by atoms with van der Waals surface area (Å²) in [6, 6.07) is 13.7. The van der Waals surface area contributed by atoms with Gasteiger partial charge in [0, 0.05) is 34.6 Å². The van der Waals surface area contributed by atoms with Crippen molar-refractivity contribution in [2.24, 2.45) is 5.41 Å². The van der Waals surface area contributed by atoms with Crippen LogP contribution in [0.25, 0.3) is 0 Å². The van der Waals surface area contributed by atoms with Crippen LogP contribution in [0.4, 0.5) is 0 Å². The Morgan fingerprint density at radius 1 is 1.13 bits per heavy atom. The number of amides is 1. The van der Waals surface area contributed by atoms with Gasteiger partial charge in [-0.2, -0.15) is 4.31 Å². The molecule has 2 aromatic carbocycles. The van der Waals surface area contributed by atoms with Gasteiger partial charge in [-0.1, -0.05) is 61.3 Å². The summed E-state index contributed by atoms with van der Waals surface area (Å²) in [5, 5.41) is 10.9. The van der Waals surface area contributed by atoms with Crippen molar-refractivity contribution in [2.45, 2.75) is 70.0 Å². The molecule has 0 radical (unpaired) electrons. The van der Waals surface area contributed by atoms with Gasteiger partial charge in [0.15, 0.2) is 0 Å². The topological polar surface area (TPSA) is 95.0 Å². The van der Waals surface area contributed by atoms with Gasteiger partial charge in [-0.15, -0.1) is 0 Å². The normalized spacial score (nSPS) is 25.0. The van der Waals surface area contributed by atoms with Crippen LogP contribution in [0.2, 0.25) is 10.0 Å². The monoisotopic (exact) mass is 580 g/mol. The minimum Gasteiger partial charge on any atom is -0.481 e. The lowest BCUT2D eigenvalue weighted by Gasteiger charge is -2.52. The number of carbonyl (C=O) groups excluding carboxylic acids is 1. The van der Waals surface area contributed by atoms with Crippen LogP contribution in [-0.4, -0.2) is 59.5 Å². The van der Waals surface area contributed by atoms with E-state index >= 15 is 0 Å². The summed E-state index contributed by atoms with van der Waals surface area (Å²) in [6.07, 6.45) is 3.26. The van der Waals surface area contributed by atoms with Crippen molar-refractivity contribution >= 4 is 45.1 Å². The maximum Gasteiger partial charge on any atom is 0.304 e. The van der Waals surface area contributed by atoms with Crippen LogP contribution in [0.15, 0.2) is 48.5 Å².